The summed E-state index contributed by atoms with van der Waals surface area (Å²) in [6.45, 7) is 2.90. The van der Waals surface area contributed by atoms with Gasteiger partial charge in [0.1, 0.15) is 11.5 Å². The van der Waals surface area contributed by atoms with Crippen LogP contribution in [0.5, 0.6) is 0 Å². The van der Waals surface area contributed by atoms with Crippen molar-refractivity contribution in [1.82, 2.24) is 4.90 Å². The van der Waals surface area contributed by atoms with E-state index in [0.29, 0.717) is 25.3 Å². The highest BCUT2D eigenvalue weighted by Gasteiger charge is 2.36. The monoisotopic (exact) mass is 265 g/mol. The van der Waals surface area contributed by atoms with Gasteiger partial charge in [-0.05, 0) is 37.3 Å². The average molecular weight is 265 g/mol. The summed E-state index contributed by atoms with van der Waals surface area (Å²) in [6.07, 6.45) is 3.12. The summed E-state index contributed by atoms with van der Waals surface area (Å²) < 4.78 is 5.79. The molecule has 2 rings (SSSR count). The molecule has 1 aromatic rings. The molecule has 1 aliphatic carbocycles. The SMILES string of the molecule is CC1CC1c1ccc(CN(C)C(=O)CCCCO)o1. The molecule has 1 amide bonds. The van der Waals surface area contributed by atoms with Crippen LogP contribution in [0, 0.1) is 5.92 Å². The number of hydrogen-bond acceptors (Lipinski definition) is 3. The molecule has 106 valence electrons. The van der Waals surface area contributed by atoms with Crippen molar-refractivity contribution in [2.24, 2.45) is 5.92 Å². The van der Waals surface area contributed by atoms with Gasteiger partial charge in [0.15, 0.2) is 0 Å². The number of amides is 1. The van der Waals surface area contributed by atoms with E-state index >= 15 is 0 Å². The summed E-state index contributed by atoms with van der Waals surface area (Å²) in [4.78, 5) is 13.5. The van der Waals surface area contributed by atoms with Crippen LogP contribution < -0.4 is 0 Å². The van der Waals surface area contributed by atoms with Gasteiger partial charge in [-0.1, -0.05) is 6.92 Å². The normalized spacial score (nSPS) is 21.4. The average Bonchev–Trinajstić information content (AvgIpc) is 2.93. The zero-order valence-corrected chi connectivity index (χ0v) is 11.8. The number of rotatable bonds is 7. The van der Waals surface area contributed by atoms with Crippen molar-refractivity contribution >= 4 is 5.91 Å². The Morgan fingerprint density at radius 2 is 2.21 bits per heavy atom. The highest BCUT2D eigenvalue weighted by Crippen LogP contribution is 2.47. The molecule has 1 fully saturated rings. The van der Waals surface area contributed by atoms with Gasteiger partial charge in [0.2, 0.25) is 5.91 Å². The van der Waals surface area contributed by atoms with Crippen LogP contribution in [0.4, 0.5) is 0 Å². The van der Waals surface area contributed by atoms with Crippen molar-refractivity contribution in [2.45, 2.75) is 45.1 Å². The van der Waals surface area contributed by atoms with Crippen molar-refractivity contribution in [3.05, 3.63) is 23.7 Å². The molecule has 1 N–H and O–H groups in total. The second-order valence-electron chi connectivity index (χ2n) is 5.55. The van der Waals surface area contributed by atoms with Crippen LogP contribution >= 0.6 is 0 Å². The lowest BCUT2D eigenvalue weighted by molar-refractivity contribution is -0.130. The maximum atomic E-state index is 11.8. The second kappa shape index (κ2) is 6.24. The number of aliphatic hydroxyl groups excluding tert-OH is 1. The Bertz CT molecular complexity index is 427. The number of nitrogens with zero attached hydrogens (tertiary/aromatic N) is 1. The molecule has 4 nitrogen and oxygen atoms in total. The molecule has 1 heterocycles. The highest BCUT2D eigenvalue weighted by atomic mass is 16.3. The van der Waals surface area contributed by atoms with Crippen molar-refractivity contribution in [2.75, 3.05) is 13.7 Å². The van der Waals surface area contributed by atoms with Gasteiger partial charge in [0, 0.05) is 26.0 Å². The molecular formula is C15H23NO3. The van der Waals surface area contributed by atoms with Crippen molar-refractivity contribution < 1.29 is 14.3 Å². The van der Waals surface area contributed by atoms with Crippen molar-refractivity contribution in [3.8, 4) is 0 Å². The molecule has 0 bridgehead atoms. The van der Waals surface area contributed by atoms with Gasteiger partial charge in [-0.25, -0.2) is 0 Å². The van der Waals surface area contributed by atoms with Crippen LogP contribution in [0.2, 0.25) is 0 Å². The minimum absolute atomic E-state index is 0.103. The molecule has 0 radical (unpaired) electrons. The first kappa shape index (κ1) is 14.1. The number of unbranched alkanes of at least 4 members (excludes halogenated alkanes) is 1. The van der Waals surface area contributed by atoms with Crippen molar-refractivity contribution in [1.29, 1.82) is 0 Å². The first-order valence-electron chi connectivity index (χ1n) is 7.05. The van der Waals surface area contributed by atoms with Crippen LogP contribution in [0.3, 0.4) is 0 Å². The first-order chi connectivity index (χ1) is 9.11. The number of carbonyl (C=O) groups excluding carboxylic acids is 1. The second-order valence-corrected chi connectivity index (χ2v) is 5.55. The Labute approximate surface area is 114 Å². The summed E-state index contributed by atoms with van der Waals surface area (Å²) >= 11 is 0. The maximum Gasteiger partial charge on any atom is 0.222 e. The first-order valence-corrected chi connectivity index (χ1v) is 7.05. The Hall–Kier alpha value is -1.29. The lowest BCUT2D eigenvalue weighted by Crippen LogP contribution is -2.25. The summed E-state index contributed by atoms with van der Waals surface area (Å²) in [6, 6.07) is 4.01. The molecule has 0 spiro atoms. The summed E-state index contributed by atoms with van der Waals surface area (Å²) in [7, 11) is 1.79. The predicted octanol–water partition coefficient (Wildman–Crippen LogP) is 2.52. The third-order valence-corrected chi connectivity index (χ3v) is 3.77. The van der Waals surface area contributed by atoms with Gasteiger partial charge in [-0.15, -0.1) is 0 Å². The fraction of sp³-hybridized carbons (Fsp3) is 0.667. The Morgan fingerprint density at radius 1 is 1.47 bits per heavy atom. The predicted molar refractivity (Wildman–Crippen MR) is 72.6 cm³/mol. The van der Waals surface area contributed by atoms with E-state index in [1.165, 1.54) is 6.42 Å². The number of hydrogen-bond donors (Lipinski definition) is 1. The fourth-order valence-corrected chi connectivity index (χ4v) is 2.30. The van der Waals surface area contributed by atoms with Gasteiger partial charge in [0.05, 0.1) is 6.54 Å². The summed E-state index contributed by atoms with van der Waals surface area (Å²) in [5.41, 5.74) is 0. The molecule has 2 unspecified atom stereocenters. The smallest absolute Gasteiger partial charge is 0.222 e. The zero-order valence-electron chi connectivity index (χ0n) is 11.8. The Balaban J connectivity index is 1.79. The topological polar surface area (TPSA) is 53.7 Å². The van der Waals surface area contributed by atoms with E-state index in [1.807, 2.05) is 12.1 Å². The maximum absolute atomic E-state index is 11.8. The summed E-state index contributed by atoms with van der Waals surface area (Å²) in [5.74, 6) is 3.33. The molecule has 0 aromatic carbocycles. The van der Waals surface area contributed by atoms with Crippen molar-refractivity contribution in [3.63, 3.8) is 0 Å². The quantitative estimate of drug-likeness (QED) is 0.771. The Morgan fingerprint density at radius 3 is 2.84 bits per heavy atom. The minimum Gasteiger partial charge on any atom is -0.464 e. The van der Waals surface area contributed by atoms with E-state index in [2.05, 4.69) is 6.92 Å². The molecule has 1 aliphatic rings. The van der Waals surface area contributed by atoms with Crippen LogP contribution in [0.15, 0.2) is 16.5 Å². The lowest BCUT2D eigenvalue weighted by Gasteiger charge is -2.15. The van der Waals surface area contributed by atoms with E-state index in [9.17, 15) is 4.79 Å². The molecule has 2 atom stereocenters. The van der Waals surface area contributed by atoms with Gasteiger partial charge in [0.25, 0.3) is 0 Å². The minimum atomic E-state index is 0.103. The standard InChI is InChI=1S/C15H23NO3/c1-11-9-13(11)14-7-6-12(19-14)10-16(2)15(18)5-3-4-8-17/h6-7,11,13,17H,3-5,8-10H2,1-2H3. The third kappa shape index (κ3) is 3.83. The number of carbonyl (C=O) groups is 1. The van der Waals surface area contributed by atoms with Crippen LogP contribution in [0.25, 0.3) is 0 Å². The molecule has 0 aliphatic heterocycles. The molecule has 0 saturated heterocycles. The molecule has 19 heavy (non-hydrogen) atoms. The van der Waals surface area contributed by atoms with Gasteiger partial charge >= 0.3 is 0 Å². The third-order valence-electron chi connectivity index (χ3n) is 3.77. The van der Waals surface area contributed by atoms with Gasteiger partial charge in [-0.3, -0.25) is 4.79 Å². The fourth-order valence-electron chi connectivity index (χ4n) is 2.30. The molecular weight excluding hydrogens is 242 g/mol. The van der Waals surface area contributed by atoms with Gasteiger partial charge < -0.3 is 14.4 Å². The van der Waals surface area contributed by atoms with E-state index < -0.39 is 0 Å². The zero-order chi connectivity index (χ0) is 13.8. The van der Waals surface area contributed by atoms with E-state index in [1.54, 1.807) is 11.9 Å². The largest absolute Gasteiger partial charge is 0.464 e. The van der Waals surface area contributed by atoms with Crippen LogP contribution in [-0.2, 0) is 11.3 Å². The molecule has 4 heteroatoms. The highest BCUT2D eigenvalue weighted by molar-refractivity contribution is 5.75. The van der Waals surface area contributed by atoms with Crippen LogP contribution in [0.1, 0.15) is 50.0 Å². The number of aliphatic hydroxyl groups is 1. The van der Waals surface area contributed by atoms with E-state index in [-0.39, 0.29) is 12.5 Å². The number of furan rings is 1. The van der Waals surface area contributed by atoms with E-state index in [0.717, 1.165) is 23.9 Å². The van der Waals surface area contributed by atoms with Gasteiger partial charge in [-0.2, -0.15) is 0 Å². The molecule has 1 aromatic heterocycles. The molecule has 1 saturated carbocycles. The van der Waals surface area contributed by atoms with E-state index in [4.69, 9.17) is 9.52 Å². The lowest BCUT2D eigenvalue weighted by atomic mass is 10.2. The Kier molecular flexibility index (Phi) is 4.64. The van der Waals surface area contributed by atoms with Crippen LogP contribution in [-0.4, -0.2) is 29.6 Å². The summed E-state index contributed by atoms with van der Waals surface area (Å²) in [5, 5.41) is 8.70.